The Kier molecular flexibility index (Phi) is 5.23. The Balaban J connectivity index is 1.44. The number of halogens is 1. The lowest BCUT2D eigenvalue weighted by molar-refractivity contribution is -0.115. The van der Waals surface area contributed by atoms with Gasteiger partial charge in [-0.05, 0) is 43.3 Å². The highest BCUT2D eigenvalue weighted by atomic mass is 32.1. The van der Waals surface area contributed by atoms with Gasteiger partial charge < -0.3 is 5.32 Å². The van der Waals surface area contributed by atoms with Gasteiger partial charge in [0.2, 0.25) is 5.91 Å². The van der Waals surface area contributed by atoms with E-state index in [1.54, 1.807) is 24.5 Å². The van der Waals surface area contributed by atoms with Crippen molar-refractivity contribution in [3.63, 3.8) is 0 Å². The fourth-order valence-corrected chi connectivity index (χ4v) is 4.33. The monoisotopic (exact) mass is 410 g/mol. The molecule has 1 amide bonds. The Labute approximate surface area is 169 Å². The molecule has 28 heavy (non-hydrogen) atoms. The highest BCUT2D eigenvalue weighted by molar-refractivity contribution is 7.16. The average Bonchev–Trinajstić information content (AvgIpc) is 3.30. The van der Waals surface area contributed by atoms with E-state index in [4.69, 9.17) is 0 Å². The summed E-state index contributed by atoms with van der Waals surface area (Å²) in [5.41, 5.74) is 3.19. The van der Waals surface area contributed by atoms with E-state index < -0.39 is 0 Å². The van der Waals surface area contributed by atoms with Crippen molar-refractivity contribution in [3.8, 4) is 21.8 Å². The third-order valence-electron chi connectivity index (χ3n) is 3.96. The summed E-state index contributed by atoms with van der Waals surface area (Å²) < 4.78 is 13.1. The van der Waals surface area contributed by atoms with Gasteiger partial charge in [0.05, 0.1) is 17.8 Å². The number of hydrogen-bond acceptors (Lipinski definition) is 6. The van der Waals surface area contributed by atoms with Crippen molar-refractivity contribution in [1.29, 1.82) is 0 Å². The number of hydrogen-bond donors (Lipinski definition) is 1. The van der Waals surface area contributed by atoms with E-state index in [2.05, 4.69) is 20.3 Å². The summed E-state index contributed by atoms with van der Waals surface area (Å²) in [5.74, 6) is -0.471. The lowest BCUT2D eigenvalue weighted by atomic mass is 10.1. The molecule has 3 heterocycles. The molecule has 4 rings (SSSR count). The molecule has 3 aromatic heterocycles. The van der Waals surface area contributed by atoms with Gasteiger partial charge in [0.1, 0.15) is 10.8 Å². The molecule has 0 atom stereocenters. The predicted molar refractivity (Wildman–Crippen MR) is 110 cm³/mol. The third-order valence-corrected chi connectivity index (χ3v) is 5.79. The molecular weight excluding hydrogens is 395 g/mol. The third kappa shape index (κ3) is 4.13. The zero-order chi connectivity index (χ0) is 19.5. The maximum atomic E-state index is 13.1. The fourth-order valence-electron chi connectivity index (χ4n) is 2.66. The molecule has 0 aliphatic carbocycles. The number of thiazole rings is 2. The smallest absolute Gasteiger partial charge is 0.232 e. The van der Waals surface area contributed by atoms with Crippen LogP contribution in [0.3, 0.4) is 0 Å². The quantitative estimate of drug-likeness (QED) is 0.505. The molecule has 0 bridgehead atoms. The summed E-state index contributed by atoms with van der Waals surface area (Å²) in [6.07, 6.45) is 3.63. The van der Waals surface area contributed by atoms with Crippen LogP contribution >= 0.6 is 22.7 Å². The Morgan fingerprint density at radius 1 is 1.14 bits per heavy atom. The number of amides is 1. The Morgan fingerprint density at radius 2 is 1.96 bits per heavy atom. The molecule has 1 aromatic carbocycles. The number of nitrogens with one attached hydrogen (secondary N) is 1. The van der Waals surface area contributed by atoms with Gasteiger partial charge in [0.25, 0.3) is 0 Å². The number of benzene rings is 1. The van der Waals surface area contributed by atoms with Gasteiger partial charge >= 0.3 is 0 Å². The molecule has 0 aliphatic rings. The van der Waals surface area contributed by atoms with E-state index in [0.717, 1.165) is 26.7 Å². The molecule has 0 unspecified atom stereocenters. The van der Waals surface area contributed by atoms with Crippen molar-refractivity contribution in [2.75, 3.05) is 5.32 Å². The average molecular weight is 410 g/mol. The molecule has 5 nitrogen and oxygen atoms in total. The second-order valence-electron chi connectivity index (χ2n) is 6.04. The minimum absolute atomic E-state index is 0.168. The summed E-state index contributed by atoms with van der Waals surface area (Å²) in [6.45, 7) is 1.92. The molecular formula is C20H15FN4OS2. The van der Waals surface area contributed by atoms with E-state index in [9.17, 15) is 9.18 Å². The summed E-state index contributed by atoms with van der Waals surface area (Å²) in [6, 6.07) is 9.94. The molecule has 0 fully saturated rings. The number of rotatable bonds is 5. The van der Waals surface area contributed by atoms with Crippen LogP contribution in [-0.4, -0.2) is 20.9 Å². The van der Waals surface area contributed by atoms with Crippen molar-refractivity contribution in [2.45, 2.75) is 13.3 Å². The van der Waals surface area contributed by atoms with E-state index in [-0.39, 0.29) is 18.1 Å². The first kappa shape index (κ1) is 18.4. The summed E-state index contributed by atoms with van der Waals surface area (Å²) in [7, 11) is 0. The lowest BCUT2D eigenvalue weighted by Crippen LogP contribution is -2.14. The maximum Gasteiger partial charge on any atom is 0.232 e. The molecule has 0 spiro atoms. The Bertz CT molecular complexity index is 1110. The highest BCUT2D eigenvalue weighted by Crippen LogP contribution is 2.30. The Morgan fingerprint density at radius 3 is 2.71 bits per heavy atom. The first-order chi connectivity index (χ1) is 13.6. The normalized spacial score (nSPS) is 10.8. The van der Waals surface area contributed by atoms with Crippen LogP contribution in [0.5, 0.6) is 0 Å². The van der Waals surface area contributed by atoms with Crippen LogP contribution in [0.2, 0.25) is 0 Å². The molecule has 0 saturated heterocycles. The van der Waals surface area contributed by atoms with Crippen molar-refractivity contribution < 1.29 is 9.18 Å². The van der Waals surface area contributed by atoms with Crippen LogP contribution in [0.25, 0.3) is 21.8 Å². The van der Waals surface area contributed by atoms with Crippen LogP contribution in [0.15, 0.2) is 54.2 Å². The fraction of sp³-hybridized carbons (Fsp3) is 0.100. The van der Waals surface area contributed by atoms with Crippen LogP contribution in [0.1, 0.15) is 10.6 Å². The predicted octanol–water partition coefficient (Wildman–Crippen LogP) is 4.96. The van der Waals surface area contributed by atoms with Crippen LogP contribution in [0, 0.1) is 12.7 Å². The largest absolute Gasteiger partial charge is 0.302 e. The SMILES string of the molecule is Cc1sc(NC(=O)Cc2csc(-c3cccnc3)n2)nc1-c1ccc(F)cc1. The highest BCUT2D eigenvalue weighted by Gasteiger charge is 2.14. The van der Waals surface area contributed by atoms with Gasteiger partial charge in [-0.3, -0.25) is 9.78 Å². The lowest BCUT2D eigenvalue weighted by Gasteiger charge is -2.00. The maximum absolute atomic E-state index is 13.1. The van der Waals surface area contributed by atoms with Crippen LogP contribution in [0.4, 0.5) is 9.52 Å². The van der Waals surface area contributed by atoms with E-state index in [0.29, 0.717) is 10.8 Å². The van der Waals surface area contributed by atoms with Crippen molar-refractivity contribution >= 4 is 33.7 Å². The number of aromatic nitrogens is 3. The zero-order valence-electron chi connectivity index (χ0n) is 14.8. The second-order valence-corrected chi connectivity index (χ2v) is 8.10. The summed E-state index contributed by atoms with van der Waals surface area (Å²) in [4.78, 5) is 26.4. The zero-order valence-corrected chi connectivity index (χ0v) is 16.5. The summed E-state index contributed by atoms with van der Waals surface area (Å²) >= 11 is 2.87. The number of nitrogens with zero attached hydrogens (tertiary/aromatic N) is 3. The molecule has 0 saturated carbocycles. The minimum Gasteiger partial charge on any atom is -0.302 e. The molecule has 0 aliphatic heterocycles. The second kappa shape index (κ2) is 7.95. The van der Waals surface area contributed by atoms with E-state index in [1.807, 2.05) is 24.4 Å². The van der Waals surface area contributed by atoms with Gasteiger partial charge in [0.15, 0.2) is 5.13 Å². The van der Waals surface area contributed by atoms with Crippen molar-refractivity contribution in [3.05, 3.63) is 70.6 Å². The standard InChI is InChI=1S/C20H15FN4OS2/c1-12-18(13-4-6-15(21)7-5-13)25-20(28-12)24-17(26)9-16-11-27-19(23-16)14-3-2-8-22-10-14/h2-8,10-11H,9H2,1H3,(H,24,25,26). The first-order valence-electron chi connectivity index (χ1n) is 8.46. The molecule has 8 heteroatoms. The van der Waals surface area contributed by atoms with Gasteiger partial charge in [-0.25, -0.2) is 14.4 Å². The van der Waals surface area contributed by atoms with Gasteiger partial charge in [-0.2, -0.15) is 0 Å². The molecule has 0 radical (unpaired) electrons. The first-order valence-corrected chi connectivity index (χ1v) is 10.2. The van der Waals surface area contributed by atoms with Gasteiger partial charge in [-0.1, -0.05) is 0 Å². The number of pyridine rings is 1. The molecule has 4 aromatic rings. The number of carbonyl (C=O) groups is 1. The minimum atomic E-state index is -0.293. The topological polar surface area (TPSA) is 67.8 Å². The van der Waals surface area contributed by atoms with Gasteiger partial charge in [0, 0.05) is 33.8 Å². The van der Waals surface area contributed by atoms with Crippen molar-refractivity contribution in [2.24, 2.45) is 0 Å². The van der Waals surface area contributed by atoms with Gasteiger partial charge in [-0.15, -0.1) is 22.7 Å². The molecule has 1 N–H and O–H groups in total. The van der Waals surface area contributed by atoms with E-state index >= 15 is 0 Å². The van der Waals surface area contributed by atoms with Crippen molar-refractivity contribution in [1.82, 2.24) is 15.0 Å². The summed E-state index contributed by atoms with van der Waals surface area (Å²) in [5, 5.41) is 6.05. The number of carbonyl (C=O) groups excluding carboxylic acids is 1. The number of anilines is 1. The van der Waals surface area contributed by atoms with E-state index in [1.165, 1.54) is 34.8 Å². The van der Waals surface area contributed by atoms with Crippen LogP contribution in [-0.2, 0) is 11.2 Å². The number of aryl methyl sites for hydroxylation is 1. The molecule has 140 valence electrons. The Hall–Kier alpha value is -2.97. The van der Waals surface area contributed by atoms with Crippen LogP contribution < -0.4 is 5.32 Å².